The predicted molar refractivity (Wildman–Crippen MR) is 80.3 cm³/mol. The molecule has 0 fully saturated rings. The van der Waals surface area contributed by atoms with Crippen LogP contribution < -0.4 is 5.32 Å². The van der Waals surface area contributed by atoms with Gasteiger partial charge in [0.25, 0.3) is 0 Å². The van der Waals surface area contributed by atoms with Gasteiger partial charge in [-0.2, -0.15) is 0 Å². The van der Waals surface area contributed by atoms with Crippen LogP contribution in [0.5, 0.6) is 0 Å². The summed E-state index contributed by atoms with van der Waals surface area (Å²) < 4.78 is 1.94. The highest BCUT2D eigenvalue weighted by Gasteiger charge is 2.28. The molecule has 0 saturated carbocycles. The fourth-order valence-corrected chi connectivity index (χ4v) is 3.15. The van der Waals surface area contributed by atoms with Crippen LogP contribution >= 0.6 is 11.8 Å². The van der Waals surface area contributed by atoms with Crippen molar-refractivity contribution >= 4 is 16.9 Å². The third-order valence-corrected chi connectivity index (χ3v) is 4.31. The highest BCUT2D eigenvalue weighted by Crippen LogP contribution is 2.30. The van der Waals surface area contributed by atoms with Gasteiger partial charge in [-0.15, -0.1) is 10.2 Å². The fraction of sp³-hybridized carbons (Fsp3) is 0.769. The maximum Gasteiger partial charge on any atom is 0.157 e. The lowest BCUT2D eigenvalue weighted by molar-refractivity contribution is 0.315. The molecule has 19 heavy (non-hydrogen) atoms. The lowest BCUT2D eigenvalue weighted by atomic mass is 9.85. The molecule has 0 bridgehead atoms. The molecule has 0 saturated heterocycles. The topological polar surface area (TPSA) is 55.1 Å². The molecule has 6 heteroatoms. The first-order valence-corrected chi connectivity index (χ1v) is 7.67. The molecule has 0 aromatic carbocycles. The van der Waals surface area contributed by atoms with Gasteiger partial charge in [-0.3, -0.25) is 4.99 Å². The summed E-state index contributed by atoms with van der Waals surface area (Å²) in [5.41, 5.74) is 0.224. The van der Waals surface area contributed by atoms with Crippen molar-refractivity contribution < 1.29 is 0 Å². The second-order valence-electron chi connectivity index (χ2n) is 6.12. The van der Waals surface area contributed by atoms with E-state index in [1.807, 2.05) is 11.6 Å². The van der Waals surface area contributed by atoms with Crippen LogP contribution in [-0.2, 0) is 7.05 Å². The van der Waals surface area contributed by atoms with E-state index < -0.39 is 0 Å². The average molecular weight is 281 g/mol. The van der Waals surface area contributed by atoms with Crippen LogP contribution in [0.3, 0.4) is 0 Å². The molecule has 2 atom stereocenters. The van der Waals surface area contributed by atoms with Gasteiger partial charge in [0, 0.05) is 12.8 Å². The van der Waals surface area contributed by atoms with E-state index in [0.29, 0.717) is 6.04 Å². The Kier molecular flexibility index (Phi) is 4.18. The summed E-state index contributed by atoms with van der Waals surface area (Å²) in [6, 6.07) is 0.514. The summed E-state index contributed by atoms with van der Waals surface area (Å²) >= 11 is 1.80. The Hall–Kier alpha value is -1.04. The molecule has 1 aromatic rings. The van der Waals surface area contributed by atoms with Crippen LogP contribution in [0, 0.1) is 5.41 Å². The summed E-state index contributed by atoms with van der Waals surface area (Å²) in [5, 5.41) is 12.5. The largest absolute Gasteiger partial charge is 0.355 e. The quantitative estimate of drug-likeness (QED) is 0.904. The molecule has 5 nitrogen and oxygen atoms in total. The monoisotopic (exact) mass is 281 g/mol. The molecule has 1 aliphatic heterocycles. The van der Waals surface area contributed by atoms with Gasteiger partial charge in [-0.1, -0.05) is 32.5 Å². The second kappa shape index (κ2) is 5.53. The van der Waals surface area contributed by atoms with E-state index in [0.717, 1.165) is 23.2 Å². The molecule has 2 unspecified atom stereocenters. The molecule has 0 amide bonds. The minimum atomic E-state index is 0.123. The van der Waals surface area contributed by atoms with E-state index in [4.69, 9.17) is 4.99 Å². The van der Waals surface area contributed by atoms with Crippen LogP contribution in [0.15, 0.2) is 11.3 Å². The Morgan fingerprint density at radius 2 is 2.21 bits per heavy atom. The Morgan fingerprint density at radius 1 is 1.47 bits per heavy atom. The highest BCUT2D eigenvalue weighted by molar-refractivity contribution is 8.13. The van der Waals surface area contributed by atoms with Gasteiger partial charge in [0.2, 0.25) is 0 Å². The number of aryl methyl sites for hydroxylation is 1. The van der Waals surface area contributed by atoms with Crippen molar-refractivity contribution in [3.05, 3.63) is 12.2 Å². The zero-order valence-corrected chi connectivity index (χ0v) is 13.2. The normalized spacial score (nSPS) is 21.9. The average Bonchev–Trinajstić information content (AvgIpc) is 2.75. The summed E-state index contributed by atoms with van der Waals surface area (Å²) in [7, 11) is 1.96. The number of rotatable bonds is 2. The maximum absolute atomic E-state index is 4.84. The van der Waals surface area contributed by atoms with Crippen molar-refractivity contribution in [2.45, 2.75) is 46.2 Å². The van der Waals surface area contributed by atoms with Crippen molar-refractivity contribution in [1.82, 2.24) is 20.1 Å². The van der Waals surface area contributed by atoms with Gasteiger partial charge in [0.1, 0.15) is 6.33 Å². The van der Waals surface area contributed by atoms with E-state index >= 15 is 0 Å². The lowest BCUT2D eigenvalue weighted by Gasteiger charge is -2.31. The van der Waals surface area contributed by atoms with Gasteiger partial charge in [-0.05, 0) is 18.8 Å². The molecule has 2 heterocycles. The Bertz CT molecular complexity index is 460. The van der Waals surface area contributed by atoms with E-state index in [9.17, 15) is 0 Å². The van der Waals surface area contributed by atoms with Gasteiger partial charge >= 0.3 is 0 Å². The van der Waals surface area contributed by atoms with E-state index in [2.05, 4.69) is 43.2 Å². The first-order valence-electron chi connectivity index (χ1n) is 6.69. The molecule has 0 spiro atoms. The first kappa shape index (κ1) is 14.4. The molecule has 1 aromatic heterocycles. The first-order chi connectivity index (χ1) is 8.88. The van der Waals surface area contributed by atoms with E-state index in [1.54, 1.807) is 18.1 Å². The highest BCUT2D eigenvalue weighted by atomic mass is 32.2. The Labute approximate surface area is 119 Å². The SMILES string of the molecule is CC(NC1=NC(C(C)(C)C)CCS1)c1nncn1C. The molecule has 1 N–H and O–H groups in total. The standard InChI is InChI=1S/C13H23N5S/c1-9(11-17-14-8-18(11)5)15-12-16-10(6-7-19-12)13(2,3)4/h8-10H,6-7H2,1-5H3,(H,15,16). The van der Waals surface area contributed by atoms with Gasteiger partial charge in [0.15, 0.2) is 11.0 Å². The number of thioether (sulfide) groups is 1. The minimum absolute atomic E-state index is 0.123. The Balaban J connectivity index is 2.06. The third-order valence-electron chi connectivity index (χ3n) is 3.38. The van der Waals surface area contributed by atoms with Crippen LogP contribution in [0.1, 0.15) is 46.0 Å². The number of aliphatic imine (C=N–C) groups is 1. The second-order valence-corrected chi connectivity index (χ2v) is 7.20. The van der Waals surface area contributed by atoms with E-state index in [-0.39, 0.29) is 11.5 Å². The number of hydrogen-bond donors (Lipinski definition) is 1. The van der Waals surface area contributed by atoms with Crippen LogP contribution in [0.4, 0.5) is 0 Å². The lowest BCUT2D eigenvalue weighted by Crippen LogP contribution is -2.34. The zero-order valence-electron chi connectivity index (χ0n) is 12.3. The summed E-state index contributed by atoms with van der Waals surface area (Å²) in [6.07, 6.45) is 2.87. The van der Waals surface area contributed by atoms with Crippen molar-refractivity contribution in [3.8, 4) is 0 Å². The molecule has 106 valence electrons. The van der Waals surface area contributed by atoms with E-state index in [1.165, 1.54) is 0 Å². The van der Waals surface area contributed by atoms with Crippen molar-refractivity contribution in [2.75, 3.05) is 5.75 Å². The van der Waals surface area contributed by atoms with Gasteiger partial charge in [0.05, 0.1) is 12.1 Å². The zero-order chi connectivity index (χ0) is 14.0. The number of nitrogens with zero attached hydrogens (tertiary/aromatic N) is 4. The predicted octanol–water partition coefficient (Wildman–Crippen LogP) is 2.37. The maximum atomic E-state index is 4.84. The Morgan fingerprint density at radius 3 is 2.79 bits per heavy atom. The summed E-state index contributed by atoms with van der Waals surface area (Å²) in [6.45, 7) is 8.84. The fourth-order valence-electron chi connectivity index (χ4n) is 2.15. The number of nitrogens with one attached hydrogen (secondary N) is 1. The molecule has 0 radical (unpaired) electrons. The van der Waals surface area contributed by atoms with Crippen molar-refractivity contribution in [1.29, 1.82) is 0 Å². The van der Waals surface area contributed by atoms with Crippen LogP contribution in [0.25, 0.3) is 0 Å². The number of aromatic nitrogens is 3. The molecule has 1 aliphatic rings. The smallest absolute Gasteiger partial charge is 0.157 e. The van der Waals surface area contributed by atoms with Crippen LogP contribution in [0.2, 0.25) is 0 Å². The molecular weight excluding hydrogens is 258 g/mol. The minimum Gasteiger partial charge on any atom is -0.355 e. The van der Waals surface area contributed by atoms with Gasteiger partial charge < -0.3 is 9.88 Å². The summed E-state index contributed by atoms with van der Waals surface area (Å²) in [5.74, 6) is 2.06. The van der Waals surface area contributed by atoms with Crippen molar-refractivity contribution in [3.63, 3.8) is 0 Å². The van der Waals surface area contributed by atoms with Crippen molar-refractivity contribution in [2.24, 2.45) is 17.5 Å². The molecule has 2 rings (SSSR count). The van der Waals surface area contributed by atoms with Gasteiger partial charge in [-0.25, -0.2) is 0 Å². The summed E-state index contributed by atoms with van der Waals surface area (Å²) in [4.78, 5) is 4.84. The van der Waals surface area contributed by atoms with Crippen LogP contribution in [-0.4, -0.2) is 31.7 Å². The third kappa shape index (κ3) is 3.49. The number of amidine groups is 1. The molecular formula is C13H23N5S. The molecule has 0 aliphatic carbocycles. The number of hydrogen-bond acceptors (Lipinski definition) is 5.